The molecule has 20 heavy (non-hydrogen) atoms. The summed E-state index contributed by atoms with van der Waals surface area (Å²) in [7, 11) is 0. The molecule has 4 heteroatoms. The molecule has 3 rings (SSSR count). The predicted molar refractivity (Wildman–Crippen MR) is 79.8 cm³/mol. The van der Waals surface area contributed by atoms with Gasteiger partial charge in [0, 0.05) is 29.1 Å². The fourth-order valence-corrected chi connectivity index (χ4v) is 2.84. The second-order valence-electron chi connectivity index (χ2n) is 5.94. The molecule has 0 radical (unpaired) electrons. The minimum absolute atomic E-state index is 0.121. The number of hydrogen-bond acceptors (Lipinski definition) is 3. The molecule has 2 aromatic rings. The molecule has 106 valence electrons. The van der Waals surface area contributed by atoms with Crippen LogP contribution in [-0.4, -0.2) is 22.2 Å². The fourth-order valence-electron chi connectivity index (χ4n) is 2.84. The first-order valence-electron chi connectivity index (χ1n) is 7.12. The van der Waals surface area contributed by atoms with Crippen LogP contribution in [0.1, 0.15) is 37.9 Å². The number of nitrogens with one attached hydrogen (secondary N) is 2. The number of aromatic nitrogens is 1. The van der Waals surface area contributed by atoms with Crippen LogP contribution in [-0.2, 0) is 0 Å². The quantitative estimate of drug-likeness (QED) is 0.798. The van der Waals surface area contributed by atoms with E-state index in [0.29, 0.717) is 6.54 Å². The first-order valence-corrected chi connectivity index (χ1v) is 7.12. The van der Waals surface area contributed by atoms with E-state index in [-0.39, 0.29) is 11.1 Å². The van der Waals surface area contributed by atoms with E-state index in [1.807, 2.05) is 18.2 Å². The maximum Gasteiger partial charge on any atom is 0.248 e. The van der Waals surface area contributed by atoms with E-state index in [9.17, 15) is 9.90 Å². The number of hydrogen-bond donors (Lipinski definition) is 3. The third-order valence-corrected chi connectivity index (χ3v) is 4.34. The molecule has 0 spiro atoms. The Morgan fingerprint density at radius 3 is 2.85 bits per heavy atom. The van der Waals surface area contributed by atoms with Gasteiger partial charge in [0.15, 0.2) is 0 Å². The number of pyridine rings is 1. The van der Waals surface area contributed by atoms with Crippen LogP contribution >= 0.6 is 0 Å². The molecule has 1 heterocycles. The molecule has 1 atom stereocenters. The van der Waals surface area contributed by atoms with Crippen molar-refractivity contribution >= 4 is 10.9 Å². The van der Waals surface area contributed by atoms with Crippen LogP contribution in [0.15, 0.2) is 35.1 Å². The maximum absolute atomic E-state index is 11.3. The standard InChI is InChI=1S/C16H20N2O2/c1-16(8-3-9-16)17-10-14(19)12-4-2-5-13-11(12)6-7-15(20)18-13/h2,4-7,14,17,19H,3,8-10H2,1H3,(H,18,20)/t14-/m0/s1. The summed E-state index contributed by atoms with van der Waals surface area (Å²) in [6, 6.07) is 8.91. The molecule has 3 N–H and O–H groups in total. The van der Waals surface area contributed by atoms with Crippen LogP contribution in [0.25, 0.3) is 10.9 Å². The van der Waals surface area contributed by atoms with E-state index in [4.69, 9.17) is 0 Å². The molecule has 1 aromatic carbocycles. The molecule has 1 aliphatic carbocycles. The van der Waals surface area contributed by atoms with E-state index >= 15 is 0 Å². The third-order valence-electron chi connectivity index (χ3n) is 4.34. The summed E-state index contributed by atoms with van der Waals surface area (Å²) in [5.41, 5.74) is 1.68. The highest BCUT2D eigenvalue weighted by atomic mass is 16.3. The average molecular weight is 272 g/mol. The van der Waals surface area contributed by atoms with Crippen molar-refractivity contribution < 1.29 is 5.11 Å². The van der Waals surface area contributed by atoms with Gasteiger partial charge >= 0.3 is 0 Å². The van der Waals surface area contributed by atoms with Crippen molar-refractivity contribution in [2.45, 2.75) is 37.8 Å². The maximum atomic E-state index is 11.3. The van der Waals surface area contributed by atoms with Gasteiger partial charge in [-0.3, -0.25) is 4.79 Å². The van der Waals surface area contributed by atoms with Crippen LogP contribution in [0.4, 0.5) is 0 Å². The number of aliphatic hydroxyl groups is 1. The van der Waals surface area contributed by atoms with Crippen LogP contribution in [0.5, 0.6) is 0 Å². The van der Waals surface area contributed by atoms with Crippen LogP contribution < -0.4 is 10.9 Å². The normalized spacial score (nSPS) is 18.7. The van der Waals surface area contributed by atoms with Crippen molar-refractivity contribution in [3.63, 3.8) is 0 Å². The molecule has 0 aliphatic heterocycles. The van der Waals surface area contributed by atoms with Crippen LogP contribution in [0, 0.1) is 0 Å². The predicted octanol–water partition coefficient (Wildman–Crippen LogP) is 2.09. The van der Waals surface area contributed by atoms with Crippen molar-refractivity contribution in [3.05, 3.63) is 46.2 Å². The zero-order valence-corrected chi connectivity index (χ0v) is 11.6. The van der Waals surface area contributed by atoms with E-state index in [1.54, 1.807) is 6.07 Å². The molecule has 0 unspecified atom stereocenters. The van der Waals surface area contributed by atoms with Crippen LogP contribution in [0.2, 0.25) is 0 Å². The summed E-state index contributed by atoms with van der Waals surface area (Å²) in [5.74, 6) is 0. The largest absolute Gasteiger partial charge is 0.387 e. The first kappa shape index (κ1) is 13.3. The fraction of sp³-hybridized carbons (Fsp3) is 0.438. The number of β-amino-alcohol motifs (C(OH)–C–C–N with tert-alkyl or cyclic N) is 1. The van der Waals surface area contributed by atoms with Gasteiger partial charge in [-0.25, -0.2) is 0 Å². The highest BCUT2D eigenvalue weighted by Gasteiger charge is 2.31. The van der Waals surface area contributed by atoms with Gasteiger partial charge in [0.25, 0.3) is 0 Å². The van der Waals surface area contributed by atoms with Crippen molar-refractivity contribution in [3.8, 4) is 0 Å². The van der Waals surface area contributed by atoms with Gasteiger partial charge in [-0.2, -0.15) is 0 Å². The van der Waals surface area contributed by atoms with Crippen molar-refractivity contribution in [2.75, 3.05) is 6.54 Å². The van der Waals surface area contributed by atoms with Gasteiger partial charge in [0.05, 0.1) is 6.10 Å². The van der Waals surface area contributed by atoms with Gasteiger partial charge in [0.2, 0.25) is 5.56 Å². The van der Waals surface area contributed by atoms with E-state index in [1.165, 1.54) is 25.3 Å². The number of fused-ring (bicyclic) bond motifs is 1. The van der Waals surface area contributed by atoms with Gasteiger partial charge in [-0.1, -0.05) is 12.1 Å². The lowest BCUT2D eigenvalue weighted by Gasteiger charge is -2.40. The van der Waals surface area contributed by atoms with Gasteiger partial charge in [-0.15, -0.1) is 0 Å². The lowest BCUT2D eigenvalue weighted by Crippen LogP contribution is -2.49. The SMILES string of the molecule is CC1(NC[C@H](O)c2cccc3[nH]c(=O)ccc23)CCC1. The summed E-state index contributed by atoms with van der Waals surface area (Å²) < 4.78 is 0. The summed E-state index contributed by atoms with van der Waals surface area (Å²) >= 11 is 0. The average Bonchev–Trinajstić information content (AvgIpc) is 2.41. The van der Waals surface area contributed by atoms with Crippen molar-refractivity contribution in [1.82, 2.24) is 10.3 Å². The Bertz CT molecular complexity index is 673. The lowest BCUT2D eigenvalue weighted by molar-refractivity contribution is 0.133. The smallest absolute Gasteiger partial charge is 0.248 e. The molecule has 1 saturated carbocycles. The molecule has 0 bridgehead atoms. The second-order valence-corrected chi connectivity index (χ2v) is 5.94. The lowest BCUT2D eigenvalue weighted by atomic mass is 9.78. The topological polar surface area (TPSA) is 65.1 Å². The number of aromatic amines is 1. The summed E-state index contributed by atoms with van der Waals surface area (Å²) in [4.78, 5) is 14.1. The highest BCUT2D eigenvalue weighted by molar-refractivity contribution is 5.82. The Hall–Kier alpha value is -1.65. The summed E-state index contributed by atoms with van der Waals surface area (Å²) in [6.45, 7) is 2.73. The molecule has 1 aliphatic rings. The Morgan fingerprint density at radius 2 is 2.15 bits per heavy atom. The Morgan fingerprint density at radius 1 is 1.35 bits per heavy atom. The Balaban J connectivity index is 1.83. The van der Waals surface area contributed by atoms with E-state index in [2.05, 4.69) is 17.2 Å². The minimum Gasteiger partial charge on any atom is -0.387 e. The third kappa shape index (κ3) is 2.49. The zero-order valence-electron chi connectivity index (χ0n) is 11.6. The minimum atomic E-state index is -0.568. The van der Waals surface area contributed by atoms with Gasteiger partial charge in [0.1, 0.15) is 0 Å². The molecular weight excluding hydrogens is 252 g/mol. The van der Waals surface area contributed by atoms with Crippen LogP contribution in [0.3, 0.4) is 0 Å². The summed E-state index contributed by atoms with van der Waals surface area (Å²) in [6.07, 6.45) is 3.03. The number of H-pyrrole nitrogens is 1. The number of rotatable bonds is 4. The Labute approximate surface area is 117 Å². The van der Waals surface area contributed by atoms with Crippen molar-refractivity contribution in [1.29, 1.82) is 0 Å². The van der Waals surface area contributed by atoms with E-state index < -0.39 is 6.10 Å². The van der Waals surface area contributed by atoms with E-state index in [0.717, 1.165) is 16.5 Å². The van der Waals surface area contributed by atoms with Gasteiger partial charge in [-0.05, 0) is 43.9 Å². The summed E-state index contributed by atoms with van der Waals surface area (Å²) in [5, 5.41) is 14.8. The first-order chi connectivity index (χ1) is 9.57. The Kier molecular flexibility index (Phi) is 3.36. The second kappa shape index (κ2) is 5.04. The number of benzene rings is 1. The molecule has 4 nitrogen and oxygen atoms in total. The van der Waals surface area contributed by atoms with Gasteiger partial charge < -0.3 is 15.4 Å². The molecule has 1 aromatic heterocycles. The molecule has 0 saturated heterocycles. The van der Waals surface area contributed by atoms with Crippen molar-refractivity contribution in [2.24, 2.45) is 0 Å². The molecule has 1 fully saturated rings. The molecule has 0 amide bonds. The molecular formula is C16H20N2O2. The number of aliphatic hydroxyl groups excluding tert-OH is 1. The zero-order chi connectivity index (χ0) is 14.2. The highest BCUT2D eigenvalue weighted by Crippen LogP contribution is 2.31. The monoisotopic (exact) mass is 272 g/mol.